The van der Waals surface area contributed by atoms with Crippen molar-refractivity contribution in [2.45, 2.75) is 6.61 Å². The normalized spacial score (nSPS) is 11.4. The number of para-hydroxylation sites is 1. The number of aromatic hydroxyl groups is 2. The van der Waals surface area contributed by atoms with Gasteiger partial charge in [0, 0.05) is 32.5 Å². The number of aromatic nitrogens is 2. The summed E-state index contributed by atoms with van der Waals surface area (Å²) in [7, 11) is 0. The van der Waals surface area contributed by atoms with Gasteiger partial charge in [-0.2, -0.15) is 10.2 Å². The van der Waals surface area contributed by atoms with Crippen molar-refractivity contribution in [1.29, 1.82) is 0 Å². The number of phenolic OH excluding ortho intramolecular Hbond substituents is 2. The maximum Gasteiger partial charge on any atom is 0.326 e. The average molecular weight is 958 g/mol. The van der Waals surface area contributed by atoms with E-state index in [9.17, 15) is 19.8 Å². The Hall–Kier alpha value is -9.19. The van der Waals surface area contributed by atoms with Crippen LogP contribution in [0.3, 0.4) is 0 Å². The first-order chi connectivity index (χ1) is 33.7. The maximum atomic E-state index is 13.2. The summed E-state index contributed by atoms with van der Waals surface area (Å²) in [5, 5.41) is 60.2. The molecule has 69 heavy (non-hydrogen) atoms. The van der Waals surface area contributed by atoms with E-state index in [0.717, 1.165) is 17.4 Å². The molecule has 0 fully saturated rings. The van der Waals surface area contributed by atoms with Crippen LogP contribution in [0, 0.1) is 0 Å². The first-order valence-electron chi connectivity index (χ1n) is 20.7. The van der Waals surface area contributed by atoms with Crippen molar-refractivity contribution in [1.82, 2.24) is 15.5 Å². The lowest BCUT2D eigenvalue weighted by Crippen LogP contribution is -2.34. The quantitative estimate of drug-likeness (QED) is 0.0227. The highest BCUT2D eigenvalue weighted by molar-refractivity contribution is 6.33. The van der Waals surface area contributed by atoms with Crippen molar-refractivity contribution in [3.8, 4) is 34.4 Å². The number of imide groups is 1. The number of carbonyl (C=O) groups is 2. The third-order valence-corrected chi connectivity index (χ3v) is 11.0. The molecule has 9 aromatic rings. The van der Waals surface area contributed by atoms with Gasteiger partial charge in [0.1, 0.15) is 23.7 Å². The minimum absolute atomic E-state index is 0.0296. The third kappa shape index (κ3) is 10.4. The molecule has 0 atom stereocenters. The van der Waals surface area contributed by atoms with Crippen LogP contribution < -0.4 is 16.1 Å². The number of fused-ring (bicyclic) bond motifs is 2. The molecule has 0 aliphatic rings. The molecule has 0 aliphatic heterocycles. The molecule has 0 saturated carbocycles. The summed E-state index contributed by atoms with van der Waals surface area (Å²) in [5.74, 6) is -1.03. The summed E-state index contributed by atoms with van der Waals surface area (Å²) in [6.45, 7) is 0.142. The Bertz CT molecular complexity index is 3460. The van der Waals surface area contributed by atoms with Crippen molar-refractivity contribution < 1.29 is 33.9 Å². The number of rotatable bonds is 14. The number of amides is 3. The standard InChI is InChI=1S/C50H34Cl2N10O7/c51-39-14-6-3-11-33(39)27-67-53-28-68-62-42-26-32-10-2-5-13-37(32)44(46(42)64)59-57-35-23-19-30(20-24-35)49-61-60-48(69-49)29-17-21-34(22-18-29)56-58-43-36-12-4-1-9-31(36)25-38(45(43)63)47(65)55-50(66)54-41-16-8-7-15-40(41)52/h1-26,28,62-64H,27H2,(H2,54,55,65,66). The Kier molecular flexibility index (Phi) is 13.4. The summed E-state index contributed by atoms with van der Waals surface area (Å²) < 4.78 is 6.01. The molecular formula is C50H34Cl2N10O7. The van der Waals surface area contributed by atoms with E-state index < -0.39 is 17.7 Å². The van der Waals surface area contributed by atoms with Crippen molar-refractivity contribution in [2.24, 2.45) is 25.6 Å². The molecule has 8 aromatic carbocycles. The molecule has 19 heteroatoms. The van der Waals surface area contributed by atoms with Gasteiger partial charge in [-0.15, -0.1) is 20.4 Å². The number of benzene rings is 8. The highest BCUT2D eigenvalue weighted by Crippen LogP contribution is 2.43. The molecule has 0 unspecified atom stereocenters. The molecular weight excluding hydrogens is 924 g/mol. The summed E-state index contributed by atoms with van der Waals surface area (Å²) in [6, 6.07) is 44.2. The Balaban J connectivity index is 0.850. The number of oxime groups is 1. The van der Waals surface area contributed by atoms with E-state index in [2.05, 4.69) is 51.9 Å². The van der Waals surface area contributed by atoms with Gasteiger partial charge in [0.25, 0.3) is 5.91 Å². The van der Waals surface area contributed by atoms with E-state index in [-0.39, 0.29) is 51.8 Å². The molecule has 9 rings (SSSR count). The van der Waals surface area contributed by atoms with Gasteiger partial charge in [-0.1, -0.05) is 107 Å². The fraction of sp³-hybridized carbons (Fsp3) is 0.0200. The van der Waals surface area contributed by atoms with Crippen molar-refractivity contribution in [3.63, 3.8) is 0 Å². The molecule has 1 heterocycles. The smallest absolute Gasteiger partial charge is 0.326 e. The SMILES string of the molecule is O=C(NC(=O)c1cc2ccccc2c(N=Nc2ccc(-c3nnc(-c4ccc(N=Nc5c(O)c(NOC=NOCc6ccccc6Cl)cc6ccccc56)cc4)o3)cc2)c1O)Nc1ccccc1Cl. The van der Waals surface area contributed by atoms with Gasteiger partial charge in [-0.3, -0.25) is 10.1 Å². The topological polar surface area (TPSA) is 230 Å². The summed E-state index contributed by atoms with van der Waals surface area (Å²) in [5.41, 5.74) is 6.13. The molecule has 0 spiro atoms. The van der Waals surface area contributed by atoms with Gasteiger partial charge in [-0.05, 0) is 89.6 Å². The fourth-order valence-corrected chi connectivity index (χ4v) is 7.23. The number of azo groups is 2. The zero-order chi connectivity index (χ0) is 47.7. The lowest BCUT2D eigenvalue weighted by Gasteiger charge is -2.11. The predicted molar refractivity (Wildman–Crippen MR) is 262 cm³/mol. The minimum Gasteiger partial charge on any atom is -0.505 e. The van der Waals surface area contributed by atoms with Gasteiger partial charge in [0.05, 0.1) is 27.6 Å². The van der Waals surface area contributed by atoms with Crippen molar-refractivity contribution >= 4 is 97.2 Å². The Morgan fingerprint density at radius 1 is 0.623 bits per heavy atom. The van der Waals surface area contributed by atoms with Gasteiger partial charge >= 0.3 is 6.03 Å². The van der Waals surface area contributed by atoms with E-state index in [0.29, 0.717) is 49.4 Å². The van der Waals surface area contributed by atoms with Crippen LogP contribution in [-0.4, -0.2) is 38.7 Å². The van der Waals surface area contributed by atoms with E-state index in [1.54, 1.807) is 109 Å². The van der Waals surface area contributed by atoms with Crippen LogP contribution in [0.25, 0.3) is 44.5 Å². The van der Waals surface area contributed by atoms with Gasteiger partial charge in [0.2, 0.25) is 18.2 Å². The van der Waals surface area contributed by atoms with Crippen LogP contribution in [0.4, 0.5) is 38.9 Å². The molecule has 0 bridgehead atoms. The number of nitrogens with one attached hydrogen (secondary N) is 3. The number of hydrogen-bond acceptors (Lipinski definition) is 15. The first kappa shape index (κ1) is 45.0. The first-order valence-corrected chi connectivity index (χ1v) is 21.5. The maximum absolute atomic E-state index is 13.2. The highest BCUT2D eigenvalue weighted by atomic mass is 35.5. The number of hydrogen-bond donors (Lipinski definition) is 5. The van der Waals surface area contributed by atoms with Crippen molar-refractivity contribution in [3.05, 3.63) is 179 Å². The molecule has 340 valence electrons. The molecule has 0 saturated heterocycles. The Labute approximate surface area is 401 Å². The lowest BCUT2D eigenvalue weighted by atomic mass is 10.0. The zero-order valence-electron chi connectivity index (χ0n) is 35.6. The monoisotopic (exact) mass is 956 g/mol. The highest BCUT2D eigenvalue weighted by Gasteiger charge is 2.21. The number of halogens is 2. The second-order valence-corrected chi connectivity index (χ2v) is 15.6. The average Bonchev–Trinajstić information content (AvgIpc) is 3.86. The molecule has 1 aromatic heterocycles. The van der Waals surface area contributed by atoms with Crippen LogP contribution in [-0.2, 0) is 16.3 Å². The number of carbonyl (C=O) groups excluding carboxylic acids is 2. The molecule has 0 radical (unpaired) electrons. The zero-order valence-corrected chi connectivity index (χ0v) is 37.1. The molecule has 17 nitrogen and oxygen atoms in total. The predicted octanol–water partition coefficient (Wildman–Crippen LogP) is 13.7. The van der Waals surface area contributed by atoms with Gasteiger partial charge < -0.3 is 29.6 Å². The second kappa shape index (κ2) is 20.5. The number of nitrogens with zero attached hydrogens (tertiary/aromatic N) is 7. The van der Waals surface area contributed by atoms with Gasteiger partial charge in [0.15, 0.2) is 11.5 Å². The molecule has 0 aliphatic carbocycles. The van der Waals surface area contributed by atoms with E-state index in [4.69, 9.17) is 37.3 Å². The molecule has 3 amide bonds. The van der Waals surface area contributed by atoms with Crippen LogP contribution in [0.1, 0.15) is 15.9 Å². The van der Waals surface area contributed by atoms with E-state index in [1.165, 1.54) is 6.07 Å². The number of phenols is 2. The Morgan fingerprint density at radius 3 is 1.80 bits per heavy atom. The van der Waals surface area contributed by atoms with Crippen LogP contribution in [0.15, 0.2) is 188 Å². The number of anilines is 2. The summed E-state index contributed by atoms with van der Waals surface area (Å²) in [4.78, 5) is 36.4. The minimum atomic E-state index is -0.863. The summed E-state index contributed by atoms with van der Waals surface area (Å²) in [6.07, 6.45) is 1.05. The second-order valence-electron chi connectivity index (χ2n) is 14.8. The third-order valence-electron chi connectivity index (χ3n) is 10.3. The Morgan fingerprint density at radius 2 is 1.17 bits per heavy atom. The number of urea groups is 1. The van der Waals surface area contributed by atoms with Crippen LogP contribution in [0.5, 0.6) is 11.5 Å². The van der Waals surface area contributed by atoms with E-state index in [1.807, 2.05) is 42.5 Å². The fourth-order valence-electron chi connectivity index (χ4n) is 6.85. The summed E-state index contributed by atoms with van der Waals surface area (Å²) >= 11 is 12.3. The van der Waals surface area contributed by atoms with Crippen molar-refractivity contribution in [2.75, 3.05) is 10.8 Å². The van der Waals surface area contributed by atoms with E-state index >= 15 is 0 Å². The van der Waals surface area contributed by atoms with Crippen LogP contribution in [0.2, 0.25) is 10.0 Å². The molecule has 5 N–H and O–H groups in total. The lowest BCUT2D eigenvalue weighted by molar-refractivity contribution is 0.0964. The van der Waals surface area contributed by atoms with Crippen LogP contribution >= 0.6 is 23.2 Å². The van der Waals surface area contributed by atoms with Gasteiger partial charge in [-0.25, -0.2) is 10.3 Å². The largest absolute Gasteiger partial charge is 0.505 e.